The van der Waals surface area contributed by atoms with Gasteiger partial charge in [0.25, 0.3) is 0 Å². The number of benzene rings is 1. The average molecular weight is 222 g/mol. The maximum Gasteiger partial charge on any atom is 0.347 e. The Hall–Kier alpha value is -2.17. The highest BCUT2D eigenvalue weighted by Crippen LogP contribution is 2.38. The quantitative estimate of drug-likeness (QED) is 0.764. The number of hydrogen-bond donors (Lipinski definition) is 2. The molecule has 0 aliphatic rings. The van der Waals surface area contributed by atoms with Crippen LogP contribution in [0, 0.1) is 6.92 Å². The van der Waals surface area contributed by atoms with Crippen molar-refractivity contribution in [2.24, 2.45) is 0 Å². The SMILES string of the molecule is COc1c(O)cc(O)c2c(=O)oc(C)cc12. The standard InChI is InChI=1S/C11H10O5/c1-5-3-6-9(11(14)16-5)7(12)4-8(13)10(6)15-2/h3-4,12-13H,1-2H3. The number of aromatic hydroxyl groups is 2. The van der Waals surface area contributed by atoms with E-state index in [0.29, 0.717) is 11.1 Å². The summed E-state index contributed by atoms with van der Waals surface area (Å²) >= 11 is 0. The Kier molecular flexibility index (Phi) is 2.23. The van der Waals surface area contributed by atoms with Crippen molar-refractivity contribution in [3.63, 3.8) is 0 Å². The molecule has 0 spiro atoms. The molecule has 16 heavy (non-hydrogen) atoms. The largest absolute Gasteiger partial charge is 0.507 e. The summed E-state index contributed by atoms with van der Waals surface area (Å²) in [5, 5.41) is 19.4. The molecule has 1 heterocycles. The predicted molar refractivity (Wildman–Crippen MR) is 57.1 cm³/mol. The van der Waals surface area contributed by atoms with Gasteiger partial charge in [0.2, 0.25) is 0 Å². The molecular formula is C11H10O5. The van der Waals surface area contributed by atoms with Gasteiger partial charge in [-0.15, -0.1) is 0 Å². The van der Waals surface area contributed by atoms with E-state index in [1.807, 2.05) is 0 Å². The van der Waals surface area contributed by atoms with Crippen LogP contribution < -0.4 is 10.4 Å². The topological polar surface area (TPSA) is 79.9 Å². The van der Waals surface area contributed by atoms with Gasteiger partial charge in [-0.05, 0) is 13.0 Å². The number of phenols is 2. The van der Waals surface area contributed by atoms with E-state index in [2.05, 4.69) is 0 Å². The zero-order valence-electron chi connectivity index (χ0n) is 8.77. The van der Waals surface area contributed by atoms with Gasteiger partial charge in [-0.2, -0.15) is 0 Å². The Labute approximate surface area is 90.5 Å². The summed E-state index contributed by atoms with van der Waals surface area (Å²) in [6, 6.07) is 2.57. The van der Waals surface area contributed by atoms with E-state index >= 15 is 0 Å². The average Bonchev–Trinajstić information content (AvgIpc) is 2.15. The molecule has 0 radical (unpaired) electrons. The molecule has 2 rings (SSSR count). The number of ether oxygens (including phenoxy) is 1. The first-order valence-corrected chi connectivity index (χ1v) is 4.58. The Morgan fingerprint density at radius 2 is 1.94 bits per heavy atom. The van der Waals surface area contributed by atoms with Crippen molar-refractivity contribution in [3.8, 4) is 17.2 Å². The summed E-state index contributed by atoms with van der Waals surface area (Å²) in [4.78, 5) is 11.5. The second-order valence-electron chi connectivity index (χ2n) is 3.38. The Morgan fingerprint density at radius 1 is 1.25 bits per heavy atom. The molecular weight excluding hydrogens is 212 g/mol. The molecule has 1 aromatic heterocycles. The number of phenolic OH excluding ortho intramolecular Hbond substituents is 2. The van der Waals surface area contributed by atoms with Crippen LogP contribution in [-0.4, -0.2) is 17.3 Å². The van der Waals surface area contributed by atoms with Gasteiger partial charge in [-0.25, -0.2) is 4.79 Å². The minimum absolute atomic E-state index is 0.000231. The van der Waals surface area contributed by atoms with Gasteiger partial charge in [-0.1, -0.05) is 0 Å². The third-order valence-corrected chi connectivity index (χ3v) is 2.29. The molecule has 0 aliphatic heterocycles. The van der Waals surface area contributed by atoms with Gasteiger partial charge < -0.3 is 19.4 Å². The number of rotatable bonds is 1. The lowest BCUT2D eigenvalue weighted by atomic mass is 10.1. The molecule has 2 N–H and O–H groups in total. The van der Waals surface area contributed by atoms with Crippen LogP contribution in [0.5, 0.6) is 17.2 Å². The second-order valence-corrected chi connectivity index (χ2v) is 3.38. The van der Waals surface area contributed by atoms with Crippen LogP contribution in [0.4, 0.5) is 0 Å². The summed E-state index contributed by atoms with van der Waals surface area (Å²) in [7, 11) is 1.37. The van der Waals surface area contributed by atoms with Crippen LogP contribution in [0.1, 0.15) is 5.76 Å². The number of hydrogen-bond acceptors (Lipinski definition) is 5. The lowest BCUT2D eigenvalue weighted by Crippen LogP contribution is -2.02. The zero-order chi connectivity index (χ0) is 11.9. The van der Waals surface area contributed by atoms with Gasteiger partial charge in [-0.3, -0.25) is 0 Å². The van der Waals surface area contributed by atoms with E-state index in [9.17, 15) is 15.0 Å². The number of fused-ring (bicyclic) bond motifs is 1. The summed E-state index contributed by atoms with van der Waals surface area (Å²) in [5.74, 6) is -0.0378. The van der Waals surface area contributed by atoms with Crippen LogP contribution in [-0.2, 0) is 0 Å². The third kappa shape index (κ3) is 1.37. The normalized spacial score (nSPS) is 10.6. The molecule has 5 nitrogen and oxygen atoms in total. The van der Waals surface area contributed by atoms with Crippen molar-refractivity contribution in [2.75, 3.05) is 7.11 Å². The molecule has 5 heteroatoms. The van der Waals surface area contributed by atoms with Crippen LogP contribution in [0.15, 0.2) is 21.3 Å². The summed E-state index contributed by atoms with van der Waals surface area (Å²) in [6.07, 6.45) is 0. The number of methoxy groups -OCH3 is 1. The maximum absolute atomic E-state index is 11.5. The summed E-state index contributed by atoms with van der Waals surface area (Å²) in [6.45, 7) is 1.60. The zero-order valence-corrected chi connectivity index (χ0v) is 8.77. The molecule has 0 amide bonds. The Morgan fingerprint density at radius 3 is 2.56 bits per heavy atom. The predicted octanol–water partition coefficient (Wildman–Crippen LogP) is 1.52. The van der Waals surface area contributed by atoms with Crippen molar-refractivity contribution in [3.05, 3.63) is 28.3 Å². The first kappa shape index (κ1) is 10.4. The lowest BCUT2D eigenvalue weighted by Gasteiger charge is -2.08. The van der Waals surface area contributed by atoms with Gasteiger partial charge in [0, 0.05) is 11.5 Å². The van der Waals surface area contributed by atoms with Crippen molar-refractivity contribution >= 4 is 10.8 Å². The molecule has 1 aromatic carbocycles. The molecule has 0 bridgehead atoms. The van der Waals surface area contributed by atoms with Crippen molar-refractivity contribution in [2.45, 2.75) is 6.92 Å². The first-order chi connectivity index (χ1) is 7.54. The fourth-order valence-corrected chi connectivity index (χ4v) is 1.65. The van der Waals surface area contributed by atoms with E-state index in [1.165, 1.54) is 13.2 Å². The fourth-order valence-electron chi connectivity index (χ4n) is 1.65. The van der Waals surface area contributed by atoms with Crippen LogP contribution in [0.25, 0.3) is 10.8 Å². The molecule has 0 saturated heterocycles. The molecule has 0 aliphatic carbocycles. The lowest BCUT2D eigenvalue weighted by molar-refractivity contribution is 0.374. The van der Waals surface area contributed by atoms with Gasteiger partial charge in [0.1, 0.15) is 16.9 Å². The van der Waals surface area contributed by atoms with E-state index in [4.69, 9.17) is 9.15 Å². The van der Waals surface area contributed by atoms with Crippen LogP contribution >= 0.6 is 0 Å². The van der Waals surface area contributed by atoms with E-state index < -0.39 is 5.63 Å². The van der Waals surface area contributed by atoms with Crippen molar-refractivity contribution < 1.29 is 19.4 Å². The van der Waals surface area contributed by atoms with Gasteiger partial charge in [0.05, 0.1) is 7.11 Å². The molecule has 0 unspecified atom stereocenters. The van der Waals surface area contributed by atoms with Crippen molar-refractivity contribution in [1.29, 1.82) is 0 Å². The van der Waals surface area contributed by atoms with Crippen LogP contribution in [0.3, 0.4) is 0 Å². The van der Waals surface area contributed by atoms with Gasteiger partial charge in [0.15, 0.2) is 11.5 Å². The molecule has 0 fully saturated rings. The first-order valence-electron chi connectivity index (χ1n) is 4.58. The highest BCUT2D eigenvalue weighted by Gasteiger charge is 2.16. The Bertz CT molecular complexity index is 612. The van der Waals surface area contributed by atoms with Crippen LogP contribution in [0.2, 0.25) is 0 Å². The maximum atomic E-state index is 11.5. The molecule has 2 aromatic rings. The van der Waals surface area contributed by atoms with E-state index in [1.54, 1.807) is 6.92 Å². The molecule has 84 valence electrons. The van der Waals surface area contributed by atoms with Gasteiger partial charge >= 0.3 is 5.63 Å². The second kappa shape index (κ2) is 3.44. The highest BCUT2D eigenvalue weighted by molar-refractivity contribution is 5.94. The monoisotopic (exact) mass is 222 g/mol. The Balaban J connectivity index is 3.05. The number of aryl methyl sites for hydroxylation is 1. The molecule has 0 saturated carbocycles. The van der Waals surface area contributed by atoms with Crippen molar-refractivity contribution in [1.82, 2.24) is 0 Å². The minimum Gasteiger partial charge on any atom is -0.507 e. The highest BCUT2D eigenvalue weighted by atomic mass is 16.5. The molecule has 0 atom stereocenters. The smallest absolute Gasteiger partial charge is 0.347 e. The van der Waals surface area contributed by atoms with E-state index in [0.717, 1.165) is 6.07 Å². The third-order valence-electron chi connectivity index (χ3n) is 2.29. The summed E-state index contributed by atoms with van der Waals surface area (Å²) in [5.41, 5.74) is -0.661. The fraction of sp³-hybridized carbons (Fsp3) is 0.182. The summed E-state index contributed by atoms with van der Waals surface area (Å²) < 4.78 is 9.84. The minimum atomic E-state index is -0.661. The van der Waals surface area contributed by atoms with E-state index in [-0.39, 0.29) is 22.6 Å².